The molecule has 96 valence electrons. The van der Waals surface area contributed by atoms with Crippen molar-refractivity contribution in [1.82, 2.24) is 5.43 Å². The molecule has 0 aliphatic carbocycles. The number of hydrogen-bond donors (Lipinski definition) is 2. The van der Waals surface area contributed by atoms with Crippen molar-refractivity contribution in [2.45, 2.75) is 12.5 Å². The van der Waals surface area contributed by atoms with E-state index in [0.717, 1.165) is 14.8 Å². The van der Waals surface area contributed by atoms with Crippen LogP contribution in [-0.4, -0.2) is 0 Å². The smallest absolute Gasteiger partial charge is 0.137 e. The minimum atomic E-state index is -0.268. The first-order valence-corrected chi connectivity index (χ1v) is 7.24. The van der Waals surface area contributed by atoms with Crippen LogP contribution in [0.2, 0.25) is 4.34 Å². The van der Waals surface area contributed by atoms with E-state index in [1.807, 2.05) is 12.1 Å². The molecule has 0 aliphatic rings. The maximum atomic E-state index is 13.1. The molecule has 18 heavy (non-hydrogen) atoms. The molecule has 1 atom stereocenters. The van der Waals surface area contributed by atoms with Gasteiger partial charge in [0.25, 0.3) is 0 Å². The van der Waals surface area contributed by atoms with Crippen LogP contribution in [0.15, 0.2) is 34.8 Å². The van der Waals surface area contributed by atoms with Gasteiger partial charge in [0.2, 0.25) is 0 Å². The van der Waals surface area contributed by atoms with Crippen LogP contribution in [0.5, 0.6) is 0 Å². The van der Waals surface area contributed by atoms with Gasteiger partial charge in [-0.25, -0.2) is 4.39 Å². The molecule has 0 saturated carbocycles. The fourth-order valence-corrected chi connectivity index (χ4v) is 3.21. The van der Waals surface area contributed by atoms with Gasteiger partial charge in [0.15, 0.2) is 0 Å². The van der Waals surface area contributed by atoms with Crippen molar-refractivity contribution in [2.24, 2.45) is 5.84 Å². The maximum Gasteiger partial charge on any atom is 0.137 e. The van der Waals surface area contributed by atoms with Gasteiger partial charge < -0.3 is 0 Å². The number of hydrogen-bond acceptors (Lipinski definition) is 3. The zero-order chi connectivity index (χ0) is 13.1. The second-order valence-corrected chi connectivity index (χ2v) is 6.41. The normalized spacial score (nSPS) is 12.7. The zero-order valence-electron chi connectivity index (χ0n) is 9.29. The Morgan fingerprint density at radius 3 is 2.72 bits per heavy atom. The second kappa shape index (κ2) is 6.12. The van der Waals surface area contributed by atoms with E-state index in [1.54, 1.807) is 12.1 Å². The van der Waals surface area contributed by atoms with Crippen LogP contribution in [0.1, 0.15) is 16.5 Å². The van der Waals surface area contributed by atoms with E-state index in [4.69, 9.17) is 17.4 Å². The molecule has 2 rings (SSSR count). The summed E-state index contributed by atoms with van der Waals surface area (Å²) in [6.07, 6.45) is 0.673. The van der Waals surface area contributed by atoms with Crippen molar-refractivity contribution in [1.29, 1.82) is 0 Å². The Kier molecular flexibility index (Phi) is 4.75. The highest BCUT2D eigenvalue weighted by molar-refractivity contribution is 9.10. The topological polar surface area (TPSA) is 38.0 Å². The Bertz CT molecular complexity index is 547. The Hall–Kier alpha value is -0.460. The van der Waals surface area contributed by atoms with Crippen molar-refractivity contribution in [3.05, 3.63) is 55.4 Å². The number of rotatable bonds is 4. The van der Waals surface area contributed by atoms with Crippen LogP contribution in [0.3, 0.4) is 0 Å². The second-order valence-electron chi connectivity index (χ2n) is 3.81. The molecule has 2 aromatic rings. The summed E-state index contributed by atoms with van der Waals surface area (Å²) in [5, 5.41) is 0. The third-order valence-corrected chi connectivity index (χ3v) is 4.51. The lowest BCUT2D eigenvalue weighted by Gasteiger charge is -2.14. The molecule has 0 saturated heterocycles. The van der Waals surface area contributed by atoms with Crippen LogP contribution >= 0.6 is 38.9 Å². The summed E-state index contributed by atoms with van der Waals surface area (Å²) in [5.41, 5.74) is 3.75. The molecule has 0 fully saturated rings. The molecule has 6 heteroatoms. The predicted molar refractivity (Wildman–Crippen MR) is 77.2 cm³/mol. The third-order valence-electron chi connectivity index (χ3n) is 2.56. The Morgan fingerprint density at radius 2 is 2.17 bits per heavy atom. The van der Waals surface area contributed by atoms with Gasteiger partial charge in [-0.05, 0) is 52.2 Å². The molecular formula is C12H11BrClFN2S. The first-order chi connectivity index (χ1) is 8.60. The predicted octanol–water partition coefficient (Wildman–Crippen LogP) is 4.05. The van der Waals surface area contributed by atoms with Gasteiger partial charge in [-0.3, -0.25) is 11.3 Å². The van der Waals surface area contributed by atoms with E-state index in [0.29, 0.717) is 10.9 Å². The highest BCUT2D eigenvalue weighted by atomic mass is 79.9. The Morgan fingerprint density at radius 1 is 1.39 bits per heavy atom. The molecule has 1 heterocycles. The average molecular weight is 350 g/mol. The lowest BCUT2D eigenvalue weighted by atomic mass is 10.1. The number of nitrogens with one attached hydrogen (secondary N) is 1. The van der Waals surface area contributed by atoms with Gasteiger partial charge in [0.1, 0.15) is 5.82 Å². The molecule has 1 aromatic carbocycles. The SMILES string of the molecule is NNC(Cc1ccc(F)c(Br)c1)c1ccc(Cl)s1. The fourth-order valence-electron chi connectivity index (χ4n) is 1.66. The minimum absolute atomic E-state index is 0.0279. The lowest BCUT2D eigenvalue weighted by Crippen LogP contribution is -2.28. The highest BCUT2D eigenvalue weighted by Crippen LogP contribution is 2.29. The average Bonchev–Trinajstić information content (AvgIpc) is 2.77. The molecule has 1 unspecified atom stereocenters. The van der Waals surface area contributed by atoms with E-state index in [1.165, 1.54) is 17.4 Å². The van der Waals surface area contributed by atoms with E-state index in [-0.39, 0.29) is 11.9 Å². The number of nitrogens with two attached hydrogens (primary N) is 1. The van der Waals surface area contributed by atoms with E-state index >= 15 is 0 Å². The van der Waals surface area contributed by atoms with E-state index < -0.39 is 0 Å². The highest BCUT2D eigenvalue weighted by Gasteiger charge is 2.13. The maximum absolute atomic E-state index is 13.1. The van der Waals surface area contributed by atoms with Crippen molar-refractivity contribution < 1.29 is 4.39 Å². The molecule has 0 aliphatic heterocycles. The van der Waals surface area contributed by atoms with Gasteiger partial charge in [-0.15, -0.1) is 11.3 Å². The quantitative estimate of drug-likeness (QED) is 0.645. The first-order valence-electron chi connectivity index (χ1n) is 5.25. The number of halogens is 3. The van der Waals surface area contributed by atoms with Crippen molar-refractivity contribution in [2.75, 3.05) is 0 Å². The van der Waals surface area contributed by atoms with Crippen LogP contribution in [-0.2, 0) is 6.42 Å². The van der Waals surface area contributed by atoms with Crippen LogP contribution in [0.25, 0.3) is 0 Å². The zero-order valence-corrected chi connectivity index (χ0v) is 12.4. The van der Waals surface area contributed by atoms with Crippen molar-refractivity contribution in [3.63, 3.8) is 0 Å². The van der Waals surface area contributed by atoms with Gasteiger partial charge in [-0.2, -0.15) is 0 Å². The van der Waals surface area contributed by atoms with Crippen LogP contribution in [0, 0.1) is 5.82 Å². The fraction of sp³-hybridized carbons (Fsp3) is 0.167. The molecule has 0 spiro atoms. The van der Waals surface area contributed by atoms with E-state index in [9.17, 15) is 4.39 Å². The van der Waals surface area contributed by atoms with Gasteiger partial charge >= 0.3 is 0 Å². The van der Waals surface area contributed by atoms with Crippen molar-refractivity contribution >= 4 is 38.9 Å². The van der Waals surface area contributed by atoms with Gasteiger partial charge in [0, 0.05) is 4.88 Å². The summed E-state index contributed by atoms with van der Waals surface area (Å²) in [7, 11) is 0. The lowest BCUT2D eigenvalue weighted by molar-refractivity contribution is 0.559. The standard InChI is InChI=1S/C12H11BrClFN2S/c13-8-5-7(1-2-9(8)15)6-10(17-16)11-3-4-12(14)18-11/h1-5,10,17H,6,16H2. The summed E-state index contributed by atoms with van der Waals surface area (Å²) in [5.74, 6) is 5.29. The Labute approximate surface area is 122 Å². The molecule has 0 amide bonds. The van der Waals surface area contributed by atoms with Crippen molar-refractivity contribution in [3.8, 4) is 0 Å². The Balaban J connectivity index is 2.17. The van der Waals surface area contributed by atoms with Gasteiger partial charge in [0.05, 0.1) is 14.9 Å². The molecule has 0 radical (unpaired) electrons. The summed E-state index contributed by atoms with van der Waals surface area (Å²) >= 11 is 10.6. The summed E-state index contributed by atoms with van der Waals surface area (Å²) in [6.45, 7) is 0. The molecule has 3 N–H and O–H groups in total. The third kappa shape index (κ3) is 3.30. The van der Waals surface area contributed by atoms with Crippen LogP contribution < -0.4 is 11.3 Å². The van der Waals surface area contributed by atoms with Gasteiger partial charge in [-0.1, -0.05) is 17.7 Å². The summed E-state index contributed by atoms with van der Waals surface area (Å²) < 4.78 is 14.3. The van der Waals surface area contributed by atoms with Crippen LogP contribution in [0.4, 0.5) is 4.39 Å². The summed E-state index contributed by atoms with van der Waals surface area (Å²) in [4.78, 5) is 1.06. The number of hydrazine groups is 1. The summed E-state index contributed by atoms with van der Waals surface area (Å²) in [6, 6.07) is 8.70. The van der Waals surface area contributed by atoms with E-state index in [2.05, 4.69) is 21.4 Å². The number of benzene rings is 1. The number of thiophene rings is 1. The molecule has 2 nitrogen and oxygen atoms in total. The largest absolute Gasteiger partial charge is 0.271 e. The molecule has 1 aromatic heterocycles. The molecule has 0 bridgehead atoms. The minimum Gasteiger partial charge on any atom is -0.271 e. The first kappa shape index (κ1) is 14.0. The molecular weight excluding hydrogens is 339 g/mol. The monoisotopic (exact) mass is 348 g/mol.